The Bertz CT molecular complexity index is 633. The maximum Gasteiger partial charge on any atom is 0.310 e. The van der Waals surface area contributed by atoms with Gasteiger partial charge < -0.3 is 4.74 Å². The first-order chi connectivity index (χ1) is 11.2. The van der Waals surface area contributed by atoms with E-state index < -0.39 is 0 Å². The third kappa shape index (κ3) is 3.34. The highest BCUT2D eigenvalue weighted by atomic mass is 16.5. The van der Waals surface area contributed by atoms with Crippen LogP contribution in [0.2, 0.25) is 0 Å². The standard InChI is InChI=1S/C20H20O3/c1-14(21)13-23-20(22)19-17(15-8-4-2-5-9-15)12-18(19)16-10-6-3-7-11-16/h2-11,17-19H,12-13H2,1H3/t17-,18?,19+/m0/s1. The molecule has 3 heteroatoms. The third-order valence-electron chi connectivity index (χ3n) is 4.52. The van der Waals surface area contributed by atoms with E-state index in [1.54, 1.807) is 0 Å². The molecule has 2 aromatic carbocycles. The Morgan fingerprint density at radius 3 is 1.83 bits per heavy atom. The zero-order chi connectivity index (χ0) is 16.2. The maximum absolute atomic E-state index is 12.5. The van der Waals surface area contributed by atoms with Gasteiger partial charge in [0.1, 0.15) is 6.61 Å². The van der Waals surface area contributed by atoms with Gasteiger partial charge in [-0.3, -0.25) is 9.59 Å². The van der Waals surface area contributed by atoms with Crippen LogP contribution in [-0.4, -0.2) is 18.4 Å². The summed E-state index contributed by atoms with van der Waals surface area (Å²) in [6, 6.07) is 20.1. The summed E-state index contributed by atoms with van der Waals surface area (Å²) in [5, 5.41) is 0. The van der Waals surface area contributed by atoms with Crippen molar-refractivity contribution in [3.05, 3.63) is 71.8 Å². The van der Waals surface area contributed by atoms with Gasteiger partial charge in [0.15, 0.2) is 5.78 Å². The number of ether oxygens (including phenoxy) is 1. The zero-order valence-corrected chi connectivity index (χ0v) is 13.1. The van der Waals surface area contributed by atoms with E-state index in [1.165, 1.54) is 6.92 Å². The van der Waals surface area contributed by atoms with Crippen molar-refractivity contribution in [2.45, 2.75) is 25.2 Å². The van der Waals surface area contributed by atoms with E-state index in [0.717, 1.165) is 17.5 Å². The number of hydrogen-bond donors (Lipinski definition) is 0. The summed E-state index contributed by atoms with van der Waals surface area (Å²) in [5.74, 6) is -0.319. The number of hydrogen-bond acceptors (Lipinski definition) is 3. The largest absolute Gasteiger partial charge is 0.457 e. The first-order valence-corrected chi connectivity index (χ1v) is 7.93. The normalized spacial score (nSPS) is 22.9. The molecule has 1 aliphatic rings. The van der Waals surface area contributed by atoms with Crippen LogP contribution in [0.15, 0.2) is 60.7 Å². The van der Waals surface area contributed by atoms with Gasteiger partial charge in [0.25, 0.3) is 0 Å². The highest BCUT2D eigenvalue weighted by Gasteiger charge is 2.47. The average Bonchev–Trinajstić information content (AvgIpc) is 2.54. The fraction of sp³-hybridized carbons (Fsp3) is 0.300. The van der Waals surface area contributed by atoms with Crippen molar-refractivity contribution in [3.8, 4) is 0 Å². The van der Waals surface area contributed by atoms with Crippen molar-refractivity contribution in [3.63, 3.8) is 0 Å². The molecule has 0 N–H and O–H groups in total. The minimum absolute atomic E-state index is 0.134. The van der Waals surface area contributed by atoms with Crippen LogP contribution in [-0.2, 0) is 14.3 Å². The summed E-state index contributed by atoms with van der Waals surface area (Å²) in [4.78, 5) is 23.6. The van der Waals surface area contributed by atoms with E-state index in [1.807, 2.05) is 36.4 Å². The first-order valence-electron chi connectivity index (χ1n) is 7.93. The fourth-order valence-corrected chi connectivity index (χ4v) is 3.34. The summed E-state index contributed by atoms with van der Waals surface area (Å²) in [5.41, 5.74) is 2.31. The predicted octanol–water partition coefficient (Wildman–Crippen LogP) is 3.71. The van der Waals surface area contributed by atoms with Crippen molar-refractivity contribution in [2.24, 2.45) is 5.92 Å². The summed E-state index contributed by atoms with van der Waals surface area (Å²) in [7, 11) is 0. The van der Waals surface area contributed by atoms with E-state index in [9.17, 15) is 9.59 Å². The van der Waals surface area contributed by atoms with Crippen LogP contribution in [0.3, 0.4) is 0 Å². The molecule has 3 nitrogen and oxygen atoms in total. The second kappa shape index (κ2) is 6.78. The molecule has 1 fully saturated rings. The topological polar surface area (TPSA) is 43.4 Å². The average molecular weight is 308 g/mol. The molecular formula is C20H20O3. The Balaban J connectivity index is 1.82. The molecule has 3 atom stereocenters. The van der Waals surface area contributed by atoms with Crippen LogP contribution in [0.1, 0.15) is 36.3 Å². The van der Waals surface area contributed by atoms with Gasteiger partial charge in [-0.2, -0.15) is 0 Å². The lowest BCUT2D eigenvalue weighted by molar-refractivity contribution is -0.156. The van der Waals surface area contributed by atoms with Crippen LogP contribution in [0, 0.1) is 5.92 Å². The van der Waals surface area contributed by atoms with Crippen LogP contribution in [0.5, 0.6) is 0 Å². The molecular weight excluding hydrogens is 288 g/mol. The molecule has 0 heterocycles. The van der Waals surface area contributed by atoms with E-state index in [2.05, 4.69) is 24.3 Å². The fourth-order valence-electron chi connectivity index (χ4n) is 3.34. The van der Waals surface area contributed by atoms with Gasteiger partial charge in [-0.15, -0.1) is 0 Å². The monoisotopic (exact) mass is 308 g/mol. The van der Waals surface area contributed by atoms with Gasteiger partial charge in [-0.05, 0) is 36.3 Å². The molecule has 1 saturated carbocycles. The van der Waals surface area contributed by atoms with Gasteiger partial charge in [0.05, 0.1) is 5.92 Å². The van der Waals surface area contributed by atoms with Gasteiger partial charge in [-0.1, -0.05) is 60.7 Å². The van der Waals surface area contributed by atoms with E-state index in [0.29, 0.717) is 0 Å². The minimum atomic E-state index is -0.269. The minimum Gasteiger partial charge on any atom is -0.457 e. The predicted molar refractivity (Wildman–Crippen MR) is 88.1 cm³/mol. The van der Waals surface area contributed by atoms with Crippen LogP contribution >= 0.6 is 0 Å². The quantitative estimate of drug-likeness (QED) is 0.791. The number of Topliss-reactive ketones (excluding diaryl/α,β-unsaturated/α-hetero) is 1. The molecule has 2 aromatic rings. The van der Waals surface area contributed by atoms with Crippen molar-refractivity contribution in [1.82, 2.24) is 0 Å². The number of esters is 1. The lowest BCUT2D eigenvalue weighted by Crippen LogP contribution is -2.40. The first kappa shape index (κ1) is 15.5. The Hall–Kier alpha value is -2.42. The van der Waals surface area contributed by atoms with E-state index >= 15 is 0 Å². The Kier molecular flexibility index (Phi) is 4.56. The van der Waals surface area contributed by atoms with Gasteiger partial charge in [0, 0.05) is 0 Å². The number of benzene rings is 2. The second-order valence-electron chi connectivity index (χ2n) is 6.11. The Labute approximate surface area is 136 Å². The molecule has 23 heavy (non-hydrogen) atoms. The molecule has 0 amide bonds. The van der Waals surface area contributed by atoms with Crippen molar-refractivity contribution < 1.29 is 14.3 Å². The van der Waals surface area contributed by atoms with Gasteiger partial charge in [0.2, 0.25) is 0 Å². The molecule has 3 rings (SSSR count). The maximum atomic E-state index is 12.5. The summed E-state index contributed by atoms with van der Waals surface area (Å²) < 4.78 is 5.22. The number of ketones is 1. The Morgan fingerprint density at radius 1 is 0.913 bits per heavy atom. The molecule has 0 radical (unpaired) electrons. The molecule has 0 bridgehead atoms. The van der Waals surface area contributed by atoms with Crippen LogP contribution < -0.4 is 0 Å². The summed E-state index contributed by atoms with van der Waals surface area (Å²) in [6.07, 6.45) is 0.924. The molecule has 1 unspecified atom stereocenters. The number of carbonyl (C=O) groups excluding carboxylic acids is 2. The molecule has 0 aromatic heterocycles. The van der Waals surface area contributed by atoms with Gasteiger partial charge >= 0.3 is 5.97 Å². The highest BCUT2D eigenvalue weighted by Crippen LogP contribution is 2.53. The third-order valence-corrected chi connectivity index (χ3v) is 4.52. The highest BCUT2D eigenvalue weighted by molar-refractivity contribution is 5.82. The summed E-state index contributed by atoms with van der Waals surface area (Å²) in [6.45, 7) is 1.29. The molecule has 0 aliphatic heterocycles. The molecule has 0 spiro atoms. The number of rotatable bonds is 5. The van der Waals surface area contributed by atoms with Crippen molar-refractivity contribution >= 4 is 11.8 Å². The second-order valence-corrected chi connectivity index (χ2v) is 6.11. The van der Waals surface area contributed by atoms with Crippen molar-refractivity contribution in [2.75, 3.05) is 6.61 Å². The zero-order valence-electron chi connectivity index (χ0n) is 13.1. The Morgan fingerprint density at radius 2 is 1.39 bits per heavy atom. The molecule has 0 saturated heterocycles. The summed E-state index contributed by atoms with van der Waals surface area (Å²) >= 11 is 0. The van der Waals surface area contributed by atoms with E-state index in [4.69, 9.17) is 4.74 Å². The molecule has 118 valence electrons. The number of carbonyl (C=O) groups is 2. The lowest BCUT2D eigenvalue weighted by atomic mass is 9.60. The van der Waals surface area contributed by atoms with Crippen LogP contribution in [0.4, 0.5) is 0 Å². The lowest BCUT2D eigenvalue weighted by Gasteiger charge is -2.43. The molecule has 1 aliphatic carbocycles. The van der Waals surface area contributed by atoms with Crippen molar-refractivity contribution in [1.29, 1.82) is 0 Å². The smallest absolute Gasteiger partial charge is 0.310 e. The van der Waals surface area contributed by atoms with Crippen LogP contribution in [0.25, 0.3) is 0 Å². The van der Waals surface area contributed by atoms with E-state index in [-0.39, 0.29) is 36.1 Å². The van der Waals surface area contributed by atoms with Gasteiger partial charge in [-0.25, -0.2) is 0 Å². The SMILES string of the molecule is CC(=O)COC(=O)[C@H]1C(c2ccccc2)C[C@H]1c1ccccc1.